The van der Waals surface area contributed by atoms with Crippen molar-refractivity contribution in [3.8, 4) is 0 Å². The average Bonchev–Trinajstić information content (AvgIpc) is 2.64. The maximum Gasteiger partial charge on any atom is 0.230 e. The summed E-state index contributed by atoms with van der Waals surface area (Å²) in [7, 11) is 1.60. The fourth-order valence-electron chi connectivity index (χ4n) is 0.819. The lowest BCUT2D eigenvalue weighted by molar-refractivity contribution is 0.109. The molecule has 2 atom stereocenters. The Morgan fingerprint density at radius 2 is 2.23 bits per heavy atom. The second-order valence-electron chi connectivity index (χ2n) is 3.01. The third kappa shape index (κ3) is 2.26. The summed E-state index contributed by atoms with van der Waals surface area (Å²) in [4.78, 5) is 4.17. The van der Waals surface area contributed by atoms with Crippen molar-refractivity contribution in [3.63, 3.8) is 0 Å². The van der Waals surface area contributed by atoms with Crippen LogP contribution in [0.3, 0.4) is 0 Å². The number of hydrogen-bond donors (Lipinski definition) is 1. The van der Waals surface area contributed by atoms with Gasteiger partial charge in [0, 0.05) is 19.6 Å². The monoisotopic (exact) mass is 185 g/mol. The largest absolute Gasteiger partial charge is 0.374 e. The molecule has 1 aromatic rings. The number of hydrogen-bond acceptors (Lipinski definition) is 5. The standard InChI is InChI=1S/C8H15N3O2/c1-5(4-9)8-10-7(11-13-8)6(2)12-3/h5-6H,4,9H2,1-3H3. The predicted molar refractivity (Wildman–Crippen MR) is 47.2 cm³/mol. The highest BCUT2D eigenvalue weighted by molar-refractivity contribution is 4.94. The van der Waals surface area contributed by atoms with Gasteiger partial charge in [0.25, 0.3) is 0 Å². The molecule has 0 aromatic carbocycles. The van der Waals surface area contributed by atoms with E-state index in [2.05, 4.69) is 10.1 Å². The third-order valence-corrected chi connectivity index (χ3v) is 1.95. The third-order valence-electron chi connectivity index (χ3n) is 1.95. The maximum atomic E-state index is 5.46. The number of nitrogens with two attached hydrogens (primary N) is 1. The Kier molecular flexibility index (Phi) is 3.39. The van der Waals surface area contributed by atoms with E-state index >= 15 is 0 Å². The van der Waals surface area contributed by atoms with Gasteiger partial charge in [-0.15, -0.1) is 0 Å². The number of ether oxygens (including phenoxy) is 1. The van der Waals surface area contributed by atoms with Crippen LogP contribution in [-0.4, -0.2) is 23.8 Å². The molecule has 74 valence electrons. The molecule has 0 bridgehead atoms. The molecular weight excluding hydrogens is 170 g/mol. The van der Waals surface area contributed by atoms with E-state index in [1.807, 2.05) is 13.8 Å². The van der Waals surface area contributed by atoms with E-state index in [4.69, 9.17) is 15.0 Å². The van der Waals surface area contributed by atoms with Crippen molar-refractivity contribution >= 4 is 0 Å². The minimum atomic E-state index is -0.137. The molecule has 1 heterocycles. The van der Waals surface area contributed by atoms with Gasteiger partial charge in [0.15, 0.2) is 5.82 Å². The zero-order valence-corrected chi connectivity index (χ0v) is 8.15. The molecule has 2 unspecified atom stereocenters. The van der Waals surface area contributed by atoms with Crippen molar-refractivity contribution in [2.75, 3.05) is 13.7 Å². The molecular formula is C8H15N3O2. The molecule has 0 saturated carbocycles. The number of nitrogens with zero attached hydrogens (tertiary/aromatic N) is 2. The Hall–Kier alpha value is -0.940. The highest BCUT2D eigenvalue weighted by Gasteiger charge is 2.16. The molecule has 0 aliphatic rings. The lowest BCUT2D eigenvalue weighted by Crippen LogP contribution is -2.09. The molecule has 1 aromatic heterocycles. The van der Waals surface area contributed by atoms with Gasteiger partial charge in [0.05, 0.1) is 0 Å². The SMILES string of the molecule is COC(C)c1noc(C(C)CN)n1. The van der Waals surface area contributed by atoms with Gasteiger partial charge in [0.2, 0.25) is 5.89 Å². The number of rotatable bonds is 4. The molecule has 0 spiro atoms. The van der Waals surface area contributed by atoms with Crippen molar-refractivity contribution in [2.45, 2.75) is 25.9 Å². The molecule has 2 N–H and O–H groups in total. The smallest absolute Gasteiger partial charge is 0.230 e. The quantitative estimate of drug-likeness (QED) is 0.752. The first kappa shape index (κ1) is 10.1. The van der Waals surface area contributed by atoms with E-state index in [0.29, 0.717) is 18.3 Å². The zero-order chi connectivity index (χ0) is 9.84. The highest BCUT2D eigenvalue weighted by Crippen LogP contribution is 2.16. The molecule has 0 radical (unpaired) electrons. The lowest BCUT2D eigenvalue weighted by atomic mass is 10.2. The molecule has 1 rings (SSSR count). The molecule has 0 fully saturated rings. The van der Waals surface area contributed by atoms with Gasteiger partial charge >= 0.3 is 0 Å². The van der Waals surface area contributed by atoms with Crippen LogP contribution in [0.1, 0.15) is 37.6 Å². The van der Waals surface area contributed by atoms with Gasteiger partial charge in [-0.1, -0.05) is 12.1 Å². The molecule has 0 aliphatic carbocycles. The second kappa shape index (κ2) is 4.34. The Morgan fingerprint density at radius 3 is 2.77 bits per heavy atom. The van der Waals surface area contributed by atoms with Crippen molar-refractivity contribution in [3.05, 3.63) is 11.7 Å². The van der Waals surface area contributed by atoms with Crippen LogP contribution in [-0.2, 0) is 4.74 Å². The fraction of sp³-hybridized carbons (Fsp3) is 0.750. The van der Waals surface area contributed by atoms with Crippen LogP contribution >= 0.6 is 0 Å². The van der Waals surface area contributed by atoms with Gasteiger partial charge in [-0.05, 0) is 6.92 Å². The first-order chi connectivity index (χ1) is 6.19. The fourth-order valence-corrected chi connectivity index (χ4v) is 0.819. The van der Waals surface area contributed by atoms with E-state index in [1.54, 1.807) is 7.11 Å². The molecule has 0 amide bonds. The van der Waals surface area contributed by atoms with Crippen LogP contribution in [0.15, 0.2) is 4.52 Å². The van der Waals surface area contributed by atoms with E-state index in [9.17, 15) is 0 Å². The lowest BCUT2D eigenvalue weighted by Gasteiger charge is -2.02. The van der Waals surface area contributed by atoms with Crippen molar-refractivity contribution < 1.29 is 9.26 Å². The van der Waals surface area contributed by atoms with Gasteiger partial charge in [-0.25, -0.2) is 0 Å². The summed E-state index contributed by atoms with van der Waals surface area (Å²) in [5, 5.41) is 3.79. The number of aromatic nitrogens is 2. The highest BCUT2D eigenvalue weighted by atomic mass is 16.5. The first-order valence-electron chi connectivity index (χ1n) is 4.25. The van der Waals surface area contributed by atoms with E-state index in [1.165, 1.54) is 0 Å². The summed E-state index contributed by atoms with van der Waals surface area (Å²) in [5.74, 6) is 1.24. The Bertz CT molecular complexity index is 237. The number of methoxy groups -OCH3 is 1. The maximum absolute atomic E-state index is 5.46. The summed E-state index contributed by atoms with van der Waals surface area (Å²) in [6.07, 6.45) is -0.137. The molecule has 5 nitrogen and oxygen atoms in total. The molecule has 0 saturated heterocycles. The van der Waals surface area contributed by atoms with Gasteiger partial charge < -0.3 is 15.0 Å². The topological polar surface area (TPSA) is 74.2 Å². The molecule has 5 heteroatoms. The van der Waals surface area contributed by atoms with Crippen LogP contribution in [0.4, 0.5) is 0 Å². The van der Waals surface area contributed by atoms with E-state index < -0.39 is 0 Å². The minimum Gasteiger partial charge on any atom is -0.374 e. The van der Waals surface area contributed by atoms with Gasteiger partial charge in [0.1, 0.15) is 6.10 Å². The average molecular weight is 185 g/mol. The summed E-state index contributed by atoms with van der Waals surface area (Å²) in [5.41, 5.74) is 5.46. The van der Waals surface area contributed by atoms with Gasteiger partial charge in [-0.2, -0.15) is 4.98 Å². The normalized spacial score (nSPS) is 15.7. The van der Waals surface area contributed by atoms with Crippen LogP contribution in [0, 0.1) is 0 Å². The zero-order valence-electron chi connectivity index (χ0n) is 8.15. The van der Waals surface area contributed by atoms with Crippen molar-refractivity contribution in [1.29, 1.82) is 0 Å². The first-order valence-corrected chi connectivity index (χ1v) is 4.25. The van der Waals surface area contributed by atoms with E-state index in [-0.39, 0.29) is 12.0 Å². The minimum absolute atomic E-state index is 0.102. The summed E-state index contributed by atoms with van der Waals surface area (Å²) < 4.78 is 10.1. The van der Waals surface area contributed by atoms with Crippen LogP contribution in [0.2, 0.25) is 0 Å². The van der Waals surface area contributed by atoms with E-state index in [0.717, 1.165) is 0 Å². The summed E-state index contributed by atoms with van der Waals surface area (Å²) in [6, 6.07) is 0. The summed E-state index contributed by atoms with van der Waals surface area (Å²) in [6.45, 7) is 4.31. The van der Waals surface area contributed by atoms with Crippen LogP contribution < -0.4 is 5.73 Å². The predicted octanol–water partition coefficient (Wildman–Crippen LogP) is 0.839. The Labute approximate surface area is 77.3 Å². The van der Waals surface area contributed by atoms with Crippen molar-refractivity contribution in [2.24, 2.45) is 5.73 Å². The summed E-state index contributed by atoms with van der Waals surface area (Å²) >= 11 is 0. The Balaban J connectivity index is 2.74. The van der Waals surface area contributed by atoms with Gasteiger partial charge in [-0.3, -0.25) is 0 Å². The van der Waals surface area contributed by atoms with Crippen LogP contribution in [0.5, 0.6) is 0 Å². The Morgan fingerprint density at radius 1 is 1.54 bits per heavy atom. The molecule has 13 heavy (non-hydrogen) atoms. The molecule has 0 aliphatic heterocycles. The van der Waals surface area contributed by atoms with Crippen LogP contribution in [0.25, 0.3) is 0 Å². The van der Waals surface area contributed by atoms with Crippen molar-refractivity contribution in [1.82, 2.24) is 10.1 Å². The second-order valence-corrected chi connectivity index (χ2v) is 3.01.